The number of fused-ring (bicyclic) bond motifs is 2. The molecule has 0 bridgehead atoms. The van der Waals surface area contributed by atoms with Crippen molar-refractivity contribution in [2.24, 2.45) is 0 Å². The van der Waals surface area contributed by atoms with E-state index in [-0.39, 0.29) is 11.4 Å². The number of hydrogen-bond donors (Lipinski definition) is 2. The summed E-state index contributed by atoms with van der Waals surface area (Å²) in [7, 11) is 0. The number of aromatic nitrogens is 5. The van der Waals surface area contributed by atoms with Crippen molar-refractivity contribution in [3.05, 3.63) is 36.5 Å². The minimum absolute atomic E-state index is 0.283. The molecule has 0 unspecified atom stereocenters. The van der Waals surface area contributed by atoms with E-state index in [2.05, 4.69) is 15.0 Å². The van der Waals surface area contributed by atoms with Crippen LogP contribution in [0, 0.1) is 5.82 Å². The van der Waals surface area contributed by atoms with Gasteiger partial charge in [-0.05, 0) is 39.0 Å². The Kier molecular flexibility index (Phi) is 2.90. The van der Waals surface area contributed by atoms with Crippen molar-refractivity contribution in [2.45, 2.75) is 26.3 Å². The number of H-pyrrole nitrogens is 1. The first-order valence-corrected chi connectivity index (χ1v) is 7.63. The monoisotopic (exact) mass is 324 g/mol. The molecule has 1 aromatic carbocycles. The van der Waals surface area contributed by atoms with E-state index in [1.807, 2.05) is 31.6 Å². The van der Waals surface area contributed by atoms with Gasteiger partial charge in [0.2, 0.25) is 0 Å². The Morgan fingerprint density at radius 2 is 2.00 bits per heavy atom. The molecule has 122 valence electrons. The van der Waals surface area contributed by atoms with Crippen LogP contribution >= 0.6 is 0 Å². The number of benzene rings is 1. The highest BCUT2D eigenvalue weighted by atomic mass is 19.1. The van der Waals surface area contributed by atoms with E-state index in [0.717, 1.165) is 16.5 Å². The molecule has 7 heteroatoms. The maximum absolute atomic E-state index is 13.7. The van der Waals surface area contributed by atoms with Crippen LogP contribution in [0.1, 0.15) is 20.8 Å². The van der Waals surface area contributed by atoms with E-state index in [1.54, 1.807) is 6.07 Å². The minimum atomic E-state index is -0.299. The van der Waals surface area contributed by atoms with Gasteiger partial charge in [0.15, 0.2) is 5.65 Å². The lowest BCUT2D eigenvalue weighted by Crippen LogP contribution is -2.23. The normalized spacial score (nSPS) is 12.3. The van der Waals surface area contributed by atoms with Gasteiger partial charge in [-0.1, -0.05) is 0 Å². The SMILES string of the molecule is CC(C)(C)n1nc(-c2c[nH]c3ccc(F)cc23)c2c(N)ncnc21. The van der Waals surface area contributed by atoms with Crippen molar-refractivity contribution in [1.82, 2.24) is 24.7 Å². The van der Waals surface area contributed by atoms with Crippen molar-refractivity contribution in [2.75, 3.05) is 5.73 Å². The molecule has 0 fully saturated rings. The second-order valence-electron chi connectivity index (χ2n) is 6.78. The van der Waals surface area contributed by atoms with Crippen LogP contribution in [0.4, 0.5) is 10.2 Å². The van der Waals surface area contributed by atoms with Crippen LogP contribution < -0.4 is 5.73 Å². The van der Waals surface area contributed by atoms with E-state index in [4.69, 9.17) is 10.8 Å². The van der Waals surface area contributed by atoms with Gasteiger partial charge in [0.1, 0.15) is 23.7 Å². The highest BCUT2D eigenvalue weighted by Gasteiger charge is 2.25. The average Bonchev–Trinajstić information content (AvgIpc) is 3.08. The molecular formula is C17H17FN6. The molecule has 0 radical (unpaired) electrons. The molecule has 0 aliphatic carbocycles. The van der Waals surface area contributed by atoms with Crippen LogP contribution in [0.25, 0.3) is 33.2 Å². The Hall–Kier alpha value is -2.96. The summed E-state index contributed by atoms with van der Waals surface area (Å²) in [6.45, 7) is 6.11. The Balaban J connectivity index is 2.11. The Morgan fingerprint density at radius 1 is 1.21 bits per heavy atom. The number of hydrogen-bond acceptors (Lipinski definition) is 4. The van der Waals surface area contributed by atoms with Crippen LogP contribution in [-0.2, 0) is 5.54 Å². The van der Waals surface area contributed by atoms with Crippen molar-refractivity contribution in [3.8, 4) is 11.3 Å². The van der Waals surface area contributed by atoms with Crippen molar-refractivity contribution in [1.29, 1.82) is 0 Å². The summed E-state index contributed by atoms with van der Waals surface area (Å²) in [6.07, 6.45) is 3.24. The molecule has 4 aromatic rings. The topological polar surface area (TPSA) is 85.4 Å². The van der Waals surface area contributed by atoms with Gasteiger partial charge >= 0.3 is 0 Å². The van der Waals surface area contributed by atoms with Crippen LogP contribution in [0.15, 0.2) is 30.7 Å². The van der Waals surface area contributed by atoms with Gasteiger partial charge in [-0.15, -0.1) is 0 Å². The van der Waals surface area contributed by atoms with Gasteiger partial charge in [0.25, 0.3) is 0 Å². The number of nitrogens with one attached hydrogen (secondary N) is 1. The zero-order valence-corrected chi connectivity index (χ0v) is 13.6. The molecule has 0 saturated heterocycles. The van der Waals surface area contributed by atoms with Crippen molar-refractivity contribution >= 4 is 27.8 Å². The fraction of sp³-hybridized carbons (Fsp3) is 0.235. The van der Waals surface area contributed by atoms with E-state index in [9.17, 15) is 4.39 Å². The summed E-state index contributed by atoms with van der Waals surface area (Å²) in [5, 5.41) is 6.16. The maximum Gasteiger partial charge on any atom is 0.164 e. The van der Waals surface area contributed by atoms with Crippen LogP contribution in [0.5, 0.6) is 0 Å². The fourth-order valence-electron chi connectivity index (χ4n) is 2.92. The molecule has 3 N–H and O–H groups in total. The number of anilines is 1. The smallest absolute Gasteiger partial charge is 0.164 e. The number of nitrogen functional groups attached to an aromatic ring is 1. The summed E-state index contributed by atoms with van der Waals surface area (Å²) >= 11 is 0. The Morgan fingerprint density at radius 3 is 2.75 bits per heavy atom. The fourth-order valence-corrected chi connectivity index (χ4v) is 2.92. The maximum atomic E-state index is 13.7. The summed E-state index contributed by atoms with van der Waals surface area (Å²) in [4.78, 5) is 11.6. The molecule has 0 aliphatic rings. The van der Waals surface area contributed by atoms with E-state index >= 15 is 0 Å². The summed E-state index contributed by atoms with van der Waals surface area (Å²) in [5.74, 6) is 0.0587. The zero-order chi connectivity index (χ0) is 17.1. The molecular weight excluding hydrogens is 307 g/mol. The third-order valence-corrected chi connectivity index (χ3v) is 4.03. The molecule has 3 aromatic heterocycles. The van der Waals surface area contributed by atoms with E-state index in [0.29, 0.717) is 22.5 Å². The van der Waals surface area contributed by atoms with Crippen molar-refractivity contribution < 1.29 is 4.39 Å². The third-order valence-electron chi connectivity index (χ3n) is 4.03. The predicted octanol–water partition coefficient (Wildman–Crippen LogP) is 3.45. The van der Waals surface area contributed by atoms with Crippen LogP contribution in [-0.4, -0.2) is 24.7 Å². The number of nitrogens with two attached hydrogens (primary N) is 1. The molecule has 0 amide bonds. The van der Waals surface area contributed by atoms with Crippen LogP contribution in [0.2, 0.25) is 0 Å². The molecule has 0 saturated carbocycles. The summed E-state index contributed by atoms with van der Waals surface area (Å²) in [6, 6.07) is 4.62. The number of rotatable bonds is 1. The second kappa shape index (κ2) is 4.77. The number of nitrogens with zero attached hydrogens (tertiary/aromatic N) is 4. The Labute approximate surface area is 137 Å². The standard InChI is InChI=1S/C17H17FN6/c1-17(2,3)24-16-13(15(19)21-8-22-16)14(23-24)11-7-20-12-5-4-9(18)6-10(11)12/h4-8,20H,1-3H3,(H2,19,21,22). The molecule has 0 spiro atoms. The first-order valence-electron chi connectivity index (χ1n) is 7.63. The molecule has 0 atom stereocenters. The molecule has 4 rings (SSSR count). The van der Waals surface area contributed by atoms with Gasteiger partial charge in [-0.25, -0.2) is 19.0 Å². The molecule has 24 heavy (non-hydrogen) atoms. The summed E-state index contributed by atoms with van der Waals surface area (Å²) < 4.78 is 15.5. The van der Waals surface area contributed by atoms with E-state index < -0.39 is 0 Å². The quantitative estimate of drug-likeness (QED) is 0.561. The highest BCUT2D eigenvalue weighted by molar-refractivity contribution is 6.05. The zero-order valence-electron chi connectivity index (χ0n) is 13.6. The van der Waals surface area contributed by atoms with Gasteiger partial charge in [0.05, 0.1) is 10.9 Å². The lowest BCUT2D eigenvalue weighted by molar-refractivity contribution is 0.367. The third kappa shape index (κ3) is 2.05. The number of aromatic amines is 1. The summed E-state index contributed by atoms with van der Waals surface area (Å²) in [5.41, 5.74) is 8.74. The first kappa shape index (κ1) is 14.6. The van der Waals surface area contributed by atoms with Gasteiger partial charge in [0, 0.05) is 22.7 Å². The predicted molar refractivity (Wildman–Crippen MR) is 92.0 cm³/mol. The molecule has 0 aliphatic heterocycles. The van der Waals surface area contributed by atoms with Gasteiger partial charge in [-0.2, -0.15) is 5.10 Å². The second-order valence-corrected chi connectivity index (χ2v) is 6.78. The van der Waals surface area contributed by atoms with Crippen LogP contribution in [0.3, 0.4) is 0 Å². The van der Waals surface area contributed by atoms with Crippen molar-refractivity contribution in [3.63, 3.8) is 0 Å². The molecule has 3 heterocycles. The number of halogens is 1. The Bertz CT molecular complexity index is 1070. The minimum Gasteiger partial charge on any atom is -0.383 e. The lowest BCUT2D eigenvalue weighted by Gasteiger charge is -2.19. The van der Waals surface area contributed by atoms with Gasteiger partial charge < -0.3 is 10.7 Å². The lowest BCUT2D eigenvalue weighted by atomic mass is 10.1. The average molecular weight is 324 g/mol. The van der Waals surface area contributed by atoms with Gasteiger partial charge in [-0.3, -0.25) is 0 Å². The highest BCUT2D eigenvalue weighted by Crippen LogP contribution is 2.36. The first-order chi connectivity index (χ1) is 11.4. The molecule has 6 nitrogen and oxygen atoms in total. The van der Waals surface area contributed by atoms with E-state index in [1.165, 1.54) is 18.5 Å². The largest absolute Gasteiger partial charge is 0.383 e.